The van der Waals surface area contributed by atoms with Crippen LogP contribution in [0.2, 0.25) is 0 Å². The molecule has 24 heavy (non-hydrogen) atoms. The fourth-order valence-corrected chi connectivity index (χ4v) is 3.70. The van der Waals surface area contributed by atoms with Crippen LogP contribution >= 0.6 is 11.3 Å². The first-order chi connectivity index (χ1) is 11.4. The highest BCUT2D eigenvalue weighted by Crippen LogP contribution is 2.25. The van der Waals surface area contributed by atoms with E-state index in [2.05, 4.69) is 32.4 Å². The molecule has 2 N–H and O–H groups in total. The predicted octanol–water partition coefficient (Wildman–Crippen LogP) is 2.70. The third-order valence-corrected chi connectivity index (χ3v) is 4.86. The number of nitrogens with zero attached hydrogens (tertiary/aromatic N) is 1. The second kappa shape index (κ2) is 8.62. The van der Waals surface area contributed by atoms with Crippen LogP contribution in [0.15, 0.2) is 16.8 Å². The molecule has 134 valence electrons. The number of nitrogens with one attached hydrogen (secondary N) is 2. The van der Waals surface area contributed by atoms with Crippen molar-refractivity contribution < 1.29 is 9.59 Å². The van der Waals surface area contributed by atoms with E-state index < -0.39 is 17.4 Å². The molecular formula is C18H29N3O2S. The lowest BCUT2D eigenvalue weighted by atomic mass is 10.1. The molecule has 0 radical (unpaired) electrons. The summed E-state index contributed by atoms with van der Waals surface area (Å²) in [6, 6.07) is 2.25. The number of hydrogen-bond acceptors (Lipinski definition) is 4. The zero-order valence-corrected chi connectivity index (χ0v) is 15.7. The van der Waals surface area contributed by atoms with Crippen LogP contribution in [0.1, 0.15) is 58.1 Å². The zero-order chi connectivity index (χ0) is 17.6. The quantitative estimate of drug-likeness (QED) is 0.820. The van der Waals surface area contributed by atoms with Crippen molar-refractivity contribution >= 4 is 23.2 Å². The summed E-state index contributed by atoms with van der Waals surface area (Å²) in [6.07, 6.45) is 4.93. The third kappa shape index (κ3) is 5.91. The van der Waals surface area contributed by atoms with Crippen LogP contribution in [0.5, 0.6) is 0 Å². The first kappa shape index (κ1) is 18.9. The summed E-state index contributed by atoms with van der Waals surface area (Å²) in [4.78, 5) is 26.5. The topological polar surface area (TPSA) is 61.4 Å². The van der Waals surface area contributed by atoms with E-state index in [0.717, 1.165) is 13.1 Å². The Morgan fingerprint density at radius 3 is 2.38 bits per heavy atom. The maximum atomic E-state index is 12.1. The maximum absolute atomic E-state index is 12.1. The summed E-state index contributed by atoms with van der Waals surface area (Å²) in [7, 11) is 0. The molecule has 0 aliphatic carbocycles. The Balaban J connectivity index is 1.98. The van der Waals surface area contributed by atoms with Crippen molar-refractivity contribution in [3.8, 4) is 0 Å². The van der Waals surface area contributed by atoms with Crippen molar-refractivity contribution in [2.45, 2.75) is 58.0 Å². The molecule has 0 aromatic carbocycles. The molecule has 2 rings (SSSR count). The first-order valence-electron chi connectivity index (χ1n) is 8.73. The highest BCUT2D eigenvalue weighted by Gasteiger charge is 2.25. The molecule has 6 heteroatoms. The number of carbonyl (C=O) groups is 2. The zero-order valence-electron chi connectivity index (χ0n) is 14.9. The summed E-state index contributed by atoms with van der Waals surface area (Å²) in [5, 5.41) is 9.73. The molecular weight excluding hydrogens is 322 g/mol. The van der Waals surface area contributed by atoms with Crippen LogP contribution in [0.25, 0.3) is 0 Å². The number of amides is 2. The van der Waals surface area contributed by atoms with Crippen LogP contribution < -0.4 is 10.6 Å². The molecule has 1 aliphatic heterocycles. The highest BCUT2D eigenvalue weighted by atomic mass is 32.1. The van der Waals surface area contributed by atoms with Crippen molar-refractivity contribution in [2.75, 3.05) is 19.6 Å². The molecule has 1 aromatic rings. The van der Waals surface area contributed by atoms with E-state index in [1.807, 2.05) is 20.8 Å². The van der Waals surface area contributed by atoms with E-state index in [9.17, 15) is 9.59 Å². The van der Waals surface area contributed by atoms with E-state index in [-0.39, 0.29) is 6.04 Å². The molecule has 1 unspecified atom stereocenters. The second-order valence-corrected chi connectivity index (χ2v) is 8.22. The second-order valence-electron chi connectivity index (χ2n) is 7.44. The molecule has 2 heterocycles. The largest absolute Gasteiger partial charge is 0.346 e. The number of carbonyl (C=O) groups excluding carboxylic acids is 2. The Kier molecular flexibility index (Phi) is 6.80. The van der Waals surface area contributed by atoms with Crippen molar-refractivity contribution in [3.05, 3.63) is 22.4 Å². The van der Waals surface area contributed by atoms with Gasteiger partial charge in [-0.25, -0.2) is 0 Å². The normalized spacial score (nSPS) is 17.8. The highest BCUT2D eigenvalue weighted by molar-refractivity contribution is 7.07. The van der Waals surface area contributed by atoms with Crippen LogP contribution in [-0.2, 0) is 9.59 Å². The number of likely N-dealkylation sites (tertiary alicyclic amines) is 1. The average Bonchev–Trinajstić information content (AvgIpc) is 2.88. The van der Waals surface area contributed by atoms with Crippen LogP contribution in [0.4, 0.5) is 0 Å². The Morgan fingerprint density at radius 1 is 1.17 bits per heavy atom. The van der Waals surface area contributed by atoms with Gasteiger partial charge in [-0.1, -0.05) is 12.8 Å². The Hall–Kier alpha value is -1.40. The minimum Gasteiger partial charge on any atom is -0.346 e. The molecule has 1 fully saturated rings. The SMILES string of the molecule is CC(C)(C)NC(=O)C(=O)NCC(c1ccsc1)N1CCCCCC1. The standard InChI is InChI=1S/C18H29N3O2S/c1-18(2,3)20-17(23)16(22)19-12-15(14-8-11-24-13-14)21-9-6-4-5-7-10-21/h8,11,13,15H,4-7,9-10,12H2,1-3H3,(H,19,22)(H,20,23). The molecule has 2 amide bonds. The fraction of sp³-hybridized carbons (Fsp3) is 0.667. The third-order valence-electron chi connectivity index (χ3n) is 4.16. The Morgan fingerprint density at radius 2 is 1.83 bits per heavy atom. The summed E-state index contributed by atoms with van der Waals surface area (Å²) in [5.41, 5.74) is 0.810. The lowest BCUT2D eigenvalue weighted by Gasteiger charge is -2.30. The number of rotatable bonds is 4. The van der Waals surface area contributed by atoms with Gasteiger partial charge in [-0.15, -0.1) is 0 Å². The molecule has 0 saturated carbocycles. The van der Waals surface area contributed by atoms with E-state index >= 15 is 0 Å². The van der Waals surface area contributed by atoms with Gasteiger partial charge in [0.05, 0.1) is 6.04 Å². The predicted molar refractivity (Wildman–Crippen MR) is 98.0 cm³/mol. The van der Waals surface area contributed by atoms with Gasteiger partial charge in [0.15, 0.2) is 0 Å². The fourth-order valence-electron chi connectivity index (χ4n) is 3.00. The molecule has 5 nitrogen and oxygen atoms in total. The van der Waals surface area contributed by atoms with Crippen LogP contribution in [0.3, 0.4) is 0 Å². The molecule has 1 aliphatic rings. The van der Waals surface area contributed by atoms with Gasteiger partial charge in [-0.05, 0) is 69.1 Å². The summed E-state index contributed by atoms with van der Waals surface area (Å²) >= 11 is 1.67. The molecule has 0 spiro atoms. The summed E-state index contributed by atoms with van der Waals surface area (Å²) in [6.45, 7) is 8.15. The van der Waals surface area contributed by atoms with Crippen molar-refractivity contribution in [1.29, 1.82) is 0 Å². The monoisotopic (exact) mass is 351 g/mol. The van der Waals surface area contributed by atoms with Gasteiger partial charge in [0.2, 0.25) is 0 Å². The van der Waals surface area contributed by atoms with Gasteiger partial charge in [-0.3, -0.25) is 14.5 Å². The van der Waals surface area contributed by atoms with Gasteiger partial charge < -0.3 is 10.6 Å². The lowest BCUT2D eigenvalue weighted by molar-refractivity contribution is -0.140. The molecule has 1 saturated heterocycles. The van der Waals surface area contributed by atoms with Crippen molar-refractivity contribution in [1.82, 2.24) is 15.5 Å². The van der Waals surface area contributed by atoms with E-state index in [4.69, 9.17) is 0 Å². The molecule has 0 bridgehead atoms. The number of thiophene rings is 1. The van der Waals surface area contributed by atoms with Gasteiger partial charge in [0, 0.05) is 12.1 Å². The van der Waals surface area contributed by atoms with E-state index in [1.165, 1.54) is 31.2 Å². The Bertz CT molecular complexity index is 529. The lowest BCUT2D eigenvalue weighted by Crippen LogP contribution is -2.49. The molecule has 1 atom stereocenters. The number of hydrogen-bond donors (Lipinski definition) is 2. The van der Waals surface area contributed by atoms with E-state index in [1.54, 1.807) is 11.3 Å². The molecule has 1 aromatic heterocycles. The van der Waals surface area contributed by atoms with Crippen LogP contribution in [0, 0.1) is 0 Å². The van der Waals surface area contributed by atoms with Gasteiger partial charge in [0.25, 0.3) is 0 Å². The summed E-state index contributed by atoms with van der Waals surface area (Å²) in [5.74, 6) is -1.12. The average molecular weight is 352 g/mol. The van der Waals surface area contributed by atoms with Gasteiger partial charge >= 0.3 is 11.8 Å². The maximum Gasteiger partial charge on any atom is 0.309 e. The van der Waals surface area contributed by atoms with E-state index in [0.29, 0.717) is 6.54 Å². The summed E-state index contributed by atoms with van der Waals surface area (Å²) < 4.78 is 0. The first-order valence-corrected chi connectivity index (χ1v) is 9.67. The van der Waals surface area contributed by atoms with Gasteiger partial charge in [0.1, 0.15) is 0 Å². The van der Waals surface area contributed by atoms with Crippen molar-refractivity contribution in [2.24, 2.45) is 0 Å². The minimum absolute atomic E-state index is 0.140. The van der Waals surface area contributed by atoms with Crippen LogP contribution in [-0.4, -0.2) is 41.9 Å². The smallest absolute Gasteiger partial charge is 0.309 e. The Labute approximate surface area is 148 Å². The van der Waals surface area contributed by atoms with Gasteiger partial charge in [-0.2, -0.15) is 11.3 Å². The van der Waals surface area contributed by atoms with Crippen molar-refractivity contribution in [3.63, 3.8) is 0 Å². The minimum atomic E-state index is -0.567.